The Morgan fingerprint density at radius 3 is 2.77 bits per heavy atom. The van der Waals surface area contributed by atoms with E-state index in [1.807, 2.05) is 41.3 Å². The maximum absolute atomic E-state index is 12.9. The molecule has 0 spiro atoms. The maximum atomic E-state index is 12.9. The largest absolute Gasteiger partial charge is 0.332 e. The fourth-order valence-electron chi connectivity index (χ4n) is 3.17. The van der Waals surface area contributed by atoms with Gasteiger partial charge in [0.05, 0.1) is 6.04 Å². The van der Waals surface area contributed by atoms with E-state index in [0.717, 1.165) is 30.4 Å². The third-order valence-electron chi connectivity index (χ3n) is 4.26. The van der Waals surface area contributed by atoms with E-state index in [0.29, 0.717) is 5.56 Å². The summed E-state index contributed by atoms with van der Waals surface area (Å²) < 4.78 is 0. The van der Waals surface area contributed by atoms with Crippen LogP contribution in [0.25, 0.3) is 11.0 Å². The summed E-state index contributed by atoms with van der Waals surface area (Å²) in [4.78, 5) is 14.8. The van der Waals surface area contributed by atoms with Crippen LogP contribution < -0.4 is 0 Å². The fraction of sp³-hybridized carbons (Fsp3) is 0.235. The van der Waals surface area contributed by atoms with Gasteiger partial charge in [0.15, 0.2) is 0 Å². The zero-order valence-electron chi connectivity index (χ0n) is 12.1. The van der Waals surface area contributed by atoms with E-state index in [9.17, 15) is 4.79 Å². The first-order chi connectivity index (χ1) is 10.8. The van der Waals surface area contributed by atoms with E-state index in [1.54, 1.807) is 0 Å². The highest BCUT2D eigenvalue weighted by atomic mass is 16.2. The fourth-order valence-corrected chi connectivity index (χ4v) is 3.17. The van der Waals surface area contributed by atoms with Gasteiger partial charge in [-0.25, -0.2) is 0 Å². The van der Waals surface area contributed by atoms with Crippen LogP contribution in [0, 0.1) is 0 Å². The molecule has 0 bridgehead atoms. The van der Waals surface area contributed by atoms with Crippen LogP contribution >= 0.6 is 0 Å². The molecule has 0 radical (unpaired) electrons. The van der Waals surface area contributed by atoms with Gasteiger partial charge in [0, 0.05) is 12.1 Å². The lowest BCUT2D eigenvalue weighted by molar-refractivity contribution is 0.0736. The SMILES string of the molecule is O=C(c1ccc2n[nH]nc2c1)N1CCCC1c1ccccc1. The van der Waals surface area contributed by atoms with E-state index in [2.05, 4.69) is 27.5 Å². The van der Waals surface area contributed by atoms with Crippen molar-refractivity contribution >= 4 is 16.9 Å². The van der Waals surface area contributed by atoms with E-state index in [-0.39, 0.29) is 11.9 Å². The van der Waals surface area contributed by atoms with Crippen molar-refractivity contribution in [3.8, 4) is 0 Å². The van der Waals surface area contributed by atoms with Crippen LogP contribution in [0.3, 0.4) is 0 Å². The summed E-state index contributed by atoms with van der Waals surface area (Å²) in [6.07, 6.45) is 2.06. The van der Waals surface area contributed by atoms with Crippen LogP contribution in [0.15, 0.2) is 48.5 Å². The summed E-state index contributed by atoms with van der Waals surface area (Å²) in [6.45, 7) is 0.801. The molecule has 22 heavy (non-hydrogen) atoms. The number of amides is 1. The number of likely N-dealkylation sites (tertiary alicyclic amines) is 1. The average Bonchev–Trinajstić information content (AvgIpc) is 3.23. The number of nitrogens with one attached hydrogen (secondary N) is 1. The number of rotatable bonds is 2. The number of aromatic nitrogens is 3. The Balaban J connectivity index is 1.66. The Morgan fingerprint density at radius 2 is 1.91 bits per heavy atom. The number of carbonyl (C=O) groups is 1. The van der Waals surface area contributed by atoms with Gasteiger partial charge in [-0.1, -0.05) is 30.3 Å². The van der Waals surface area contributed by atoms with Gasteiger partial charge in [0.2, 0.25) is 0 Å². The topological polar surface area (TPSA) is 61.9 Å². The molecule has 1 amide bonds. The molecule has 4 rings (SSSR count). The minimum absolute atomic E-state index is 0.0660. The van der Waals surface area contributed by atoms with Gasteiger partial charge in [-0.05, 0) is 36.6 Å². The first-order valence-corrected chi connectivity index (χ1v) is 7.49. The third-order valence-corrected chi connectivity index (χ3v) is 4.26. The molecule has 3 aromatic rings. The number of hydrogen-bond donors (Lipinski definition) is 1. The summed E-state index contributed by atoms with van der Waals surface area (Å²) in [5, 5.41) is 10.7. The van der Waals surface area contributed by atoms with Crippen LogP contribution in [-0.2, 0) is 0 Å². The summed E-state index contributed by atoms with van der Waals surface area (Å²) in [5.41, 5.74) is 3.37. The lowest BCUT2D eigenvalue weighted by Gasteiger charge is -2.25. The van der Waals surface area contributed by atoms with Crippen LogP contribution in [0.2, 0.25) is 0 Å². The van der Waals surface area contributed by atoms with Crippen molar-refractivity contribution in [1.82, 2.24) is 20.3 Å². The van der Waals surface area contributed by atoms with Crippen molar-refractivity contribution in [2.45, 2.75) is 18.9 Å². The number of H-pyrrole nitrogens is 1. The second-order valence-corrected chi connectivity index (χ2v) is 5.59. The van der Waals surface area contributed by atoms with Crippen LogP contribution in [0.1, 0.15) is 34.8 Å². The molecule has 5 nitrogen and oxygen atoms in total. The average molecular weight is 292 g/mol. The van der Waals surface area contributed by atoms with Gasteiger partial charge in [0.1, 0.15) is 11.0 Å². The Morgan fingerprint density at radius 1 is 1.09 bits per heavy atom. The highest BCUT2D eigenvalue weighted by molar-refractivity contribution is 5.97. The van der Waals surface area contributed by atoms with Gasteiger partial charge in [-0.15, -0.1) is 0 Å². The lowest BCUT2D eigenvalue weighted by Crippen LogP contribution is -2.30. The molecule has 2 heterocycles. The Bertz CT molecular complexity index is 812. The van der Waals surface area contributed by atoms with Crippen molar-refractivity contribution in [3.05, 3.63) is 59.7 Å². The molecular weight excluding hydrogens is 276 g/mol. The normalized spacial score (nSPS) is 18.0. The Labute approximate surface area is 127 Å². The highest BCUT2D eigenvalue weighted by Crippen LogP contribution is 2.33. The molecule has 1 aliphatic heterocycles. The van der Waals surface area contributed by atoms with Gasteiger partial charge >= 0.3 is 0 Å². The molecule has 1 fully saturated rings. The molecule has 5 heteroatoms. The Kier molecular flexibility index (Phi) is 3.11. The zero-order chi connectivity index (χ0) is 14.9. The van der Waals surface area contributed by atoms with Crippen LogP contribution in [-0.4, -0.2) is 32.8 Å². The van der Waals surface area contributed by atoms with Crippen LogP contribution in [0.5, 0.6) is 0 Å². The van der Waals surface area contributed by atoms with Crippen molar-refractivity contribution in [2.24, 2.45) is 0 Å². The van der Waals surface area contributed by atoms with Gasteiger partial charge in [-0.3, -0.25) is 4.79 Å². The molecule has 1 aliphatic rings. The van der Waals surface area contributed by atoms with Gasteiger partial charge < -0.3 is 4.90 Å². The first-order valence-electron chi connectivity index (χ1n) is 7.49. The minimum atomic E-state index is 0.0660. The predicted octanol–water partition coefficient (Wildman–Crippen LogP) is 2.94. The van der Waals surface area contributed by atoms with Gasteiger partial charge in [-0.2, -0.15) is 15.4 Å². The molecule has 1 saturated heterocycles. The Hall–Kier alpha value is -2.69. The molecule has 2 aromatic carbocycles. The van der Waals surface area contributed by atoms with E-state index in [1.165, 1.54) is 5.56 Å². The van der Waals surface area contributed by atoms with Crippen molar-refractivity contribution in [3.63, 3.8) is 0 Å². The van der Waals surface area contributed by atoms with Gasteiger partial charge in [0.25, 0.3) is 5.91 Å². The molecule has 1 N–H and O–H groups in total. The summed E-state index contributed by atoms with van der Waals surface area (Å²) in [5.74, 6) is 0.0660. The molecule has 1 unspecified atom stereocenters. The quantitative estimate of drug-likeness (QED) is 0.790. The molecular formula is C17H16N4O. The van der Waals surface area contributed by atoms with E-state index in [4.69, 9.17) is 0 Å². The van der Waals surface area contributed by atoms with Crippen molar-refractivity contribution < 1.29 is 4.79 Å². The van der Waals surface area contributed by atoms with E-state index >= 15 is 0 Å². The third kappa shape index (κ3) is 2.15. The lowest BCUT2D eigenvalue weighted by atomic mass is 10.0. The smallest absolute Gasteiger partial charge is 0.254 e. The zero-order valence-corrected chi connectivity index (χ0v) is 12.1. The second-order valence-electron chi connectivity index (χ2n) is 5.59. The summed E-state index contributed by atoms with van der Waals surface area (Å²) in [6, 6.07) is 15.9. The molecule has 110 valence electrons. The van der Waals surface area contributed by atoms with Crippen molar-refractivity contribution in [2.75, 3.05) is 6.54 Å². The van der Waals surface area contributed by atoms with Crippen molar-refractivity contribution in [1.29, 1.82) is 0 Å². The first kappa shape index (κ1) is 13.0. The molecule has 1 aromatic heterocycles. The number of benzene rings is 2. The minimum Gasteiger partial charge on any atom is -0.332 e. The molecule has 0 saturated carbocycles. The predicted molar refractivity (Wildman–Crippen MR) is 83.3 cm³/mol. The second kappa shape index (κ2) is 5.26. The van der Waals surface area contributed by atoms with Crippen LogP contribution in [0.4, 0.5) is 0 Å². The number of fused-ring (bicyclic) bond motifs is 1. The number of nitrogens with zero attached hydrogens (tertiary/aromatic N) is 3. The number of hydrogen-bond acceptors (Lipinski definition) is 3. The standard InChI is InChI=1S/C17H16N4O/c22-17(13-8-9-14-15(11-13)19-20-18-14)21-10-4-7-16(21)12-5-2-1-3-6-12/h1-3,5-6,8-9,11,16H,4,7,10H2,(H,18,19,20). The summed E-state index contributed by atoms with van der Waals surface area (Å²) in [7, 11) is 0. The highest BCUT2D eigenvalue weighted by Gasteiger charge is 2.30. The summed E-state index contributed by atoms with van der Waals surface area (Å²) >= 11 is 0. The number of aromatic amines is 1. The molecule has 1 atom stereocenters. The van der Waals surface area contributed by atoms with E-state index < -0.39 is 0 Å². The number of carbonyl (C=O) groups excluding carboxylic acids is 1. The molecule has 0 aliphatic carbocycles. The monoisotopic (exact) mass is 292 g/mol. The maximum Gasteiger partial charge on any atom is 0.254 e.